The van der Waals surface area contributed by atoms with E-state index in [9.17, 15) is 0 Å². The van der Waals surface area contributed by atoms with Crippen LogP contribution in [0.15, 0.2) is 24.3 Å². The fraction of sp³-hybridized carbons (Fsp3) is 0.500. The summed E-state index contributed by atoms with van der Waals surface area (Å²) in [5, 5.41) is 4.22. The maximum atomic E-state index is 6.25. The van der Waals surface area contributed by atoms with Gasteiger partial charge < -0.3 is 11.1 Å². The molecular weight excluding hydrogens is 208 g/mol. The van der Waals surface area contributed by atoms with Gasteiger partial charge in [0.15, 0.2) is 0 Å². The van der Waals surface area contributed by atoms with Gasteiger partial charge in [0.25, 0.3) is 0 Å². The van der Waals surface area contributed by atoms with Gasteiger partial charge in [-0.15, -0.1) is 0 Å². The number of halogens is 1. The van der Waals surface area contributed by atoms with E-state index < -0.39 is 0 Å². The lowest BCUT2D eigenvalue weighted by Gasteiger charge is -2.37. The number of nitrogens with two attached hydrogens (primary N) is 1. The van der Waals surface area contributed by atoms with Crippen LogP contribution in [0.3, 0.4) is 0 Å². The first kappa shape index (κ1) is 10.9. The zero-order valence-electron chi connectivity index (χ0n) is 8.80. The Morgan fingerprint density at radius 1 is 1.27 bits per heavy atom. The molecule has 0 unspecified atom stereocenters. The molecule has 0 spiro atoms. The molecule has 1 aliphatic rings. The minimum absolute atomic E-state index is 0.0869. The van der Waals surface area contributed by atoms with Gasteiger partial charge in [0.05, 0.1) is 0 Å². The summed E-state index contributed by atoms with van der Waals surface area (Å²) in [6.07, 6.45) is 2.15. The lowest BCUT2D eigenvalue weighted by Crippen LogP contribution is -2.45. The zero-order chi connectivity index (χ0) is 10.7. The molecule has 1 aliphatic heterocycles. The summed E-state index contributed by atoms with van der Waals surface area (Å²) in [6, 6.07) is 8.08. The normalized spacial score (nSPS) is 20.1. The molecule has 0 amide bonds. The van der Waals surface area contributed by atoms with E-state index in [2.05, 4.69) is 11.4 Å². The highest BCUT2D eigenvalue weighted by molar-refractivity contribution is 6.31. The van der Waals surface area contributed by atoms with Crippen molar-refractivity contribution in [1.82, 2.24) is 5.32 Å². The first-order chi connectivity index (χ1) is 7.28. The van der Waals surface area contributed by atoms with Crippen LogP contribution in [0.25, 0.3) is 0 Å². The van der Waals surface area contributed by atoms with Crippen molar-refractivity contribution in [2.75, 3.05) is 19.6 Å². The van der Waals surface area contributed by atoms with Gasteiger partial charge >= 0.3 is 0 Å². The molecular formula is C12H17ClN2. The van der Waals surface area contributed by atoms with Crippen LogP contribution in [0.1, 0.15) is 18.4 Å². The average Bonchev–Trinajstić information content (AvgIpc) is 2.30. The molecule has 0 radical (unpaired) electrons. The Morgan fingerprint density at radius 2 is 1.93 bits per heavy atom. The van der Waals surface area contributed by atoms with Gasteiger partial charge in [-0.05, 0) is 37.6 Å². The first-order valence-electron chi connectivity index (χ1n) is 5.44. The van der Waals surface area contributed by atoms with Crippen molar-refractivity contribution in [3.05, 3.63) is 34.9 Å². The van der Waals surface area contributed by atoms with Crippen LogP contribution in [-0.4, -0.2) is 19.6 Å². The molecule has 2 nitrogen and oxygen atoms in total. The Morgan fingerprint density at radius 3 is 2.53 bits per heavy atom. The summed E-state index contributed by atoms with van der Waals surface area (Å²) < 4.78 is 0. The molecule has 0 aromatic heterocycles. The van der Waals surface area contributed by atoms with Gasteiger partial charge in [-0.3, -0.25) is 0 Å². The van der Waals surface area contributed by atoms with E-state index in [1.807, 2.05) is 18.2 Å². The third-order valence-corrected chi connectivity index (χ3v) is 3.73. The van der Waals surface area contributed by atoms with E-state index in [-0.39, 0.29) is 5.41 Å². The summed E-state index contributed by atoms with van der Waals surface area (Å²) in [7, 11) is 0. The Labute approximate surface area is 95.8 Å². The number of rotatable bonds is 2. The number of hydrogen-bond donors (Lipinski definition) is 2. The number of nitrogens with one attached hydrogen (secondary N) is 1. The van der Waals surface area contributed by atoms with E-state index in [0.717, 1.165) is 31.0 Å². The van der Waals surface area contributed by atoms with Crippen LogP contribution in [0.5, 0.6) is 0 Å². The number of benzene rings is 1. The van der Waals surface area contributed by atoms with Crippen molar-refractivity contribution in [2.45, 2.75) is 18.3 Å². The highest BCUT2D eigenvalue weighted by Crippen LogP contribution is 2.36. The summed E-state index contributed by atoms with van der Waals surface area (Å²) >= 11 is 6.25. The SMILES string of the molecule is NCC1(c2ccccc2Cl)CCNCC1. The Balaban J connectivity index is 2.36. The lowest BCUT2D eigenvalue weighted by atomic mass is 9.73. The Hall–Kier alpha value is -0.570. The maximum Gasteiger partial charge on any atom is 0.0444 e. The molecule has 0 bridgehead atoms. The average molecular weight is 225 g/mol. The van der Waals surface area contributed by atoms with Gasteiger partial charge in [0, 0.05) is 17.0 Å². The number of hydrogen-bond acceptors (Lipinski definition) is 2. The van der Waals surface area contributed by atoms with Gasteiger partial charge in [0.1, 0.15) is 0 Å². The molecule has 82 valence electrons. The van der Waals surface area contributed by atoms with E-state index in [1.54, 1.807) is 0 Å². The summed E-state index contributed by atoms with van der Waals surface area (Å²) in [5.41, 5.74) is 7.26. The predicted octanol–water partition coefficient (Wildman–Crippen LogP) is 1.92. The smallest absolute Gasteiger partial charge is 0.0444 e. The highest BCUT2D eigenvalue weighted by Gasteiger charge is 2.33. The second-order valence-corrected chi connectivity index (χ2v) is 4.62. The standard InChI is InChI=1S/C12H17ClN2/c13-11-4-2-1-3-10(11)12(9-14)5-7-15-8-6-12/h1-4,15H,5-9,14H2. The van der Waals surface area contributed by atoms with Gasteiger partial charge in [-0.25, -0.2) is 0 Å². The molecule has 1 fully saturated rings. The van der Waals surface area contributed by atoms with Crippen molar-refractivity contribution >= 4 is 11.6 Å². The minimum atomic E-state index is 0.0869. The molecule has 0 aliphatic carbocycles. The third kappa shape index (κ3) is 2.03. The molecule has 0 saturated carbocycles. The van der Waals surface area contributed by atoms with Crippen molar-refractivity contribution in [3.63, 3.8) is 0 Å². The molecule has 3 heteroatoms. The van der Waals surface area contributed by atoms with Crippen molar-refractivity contribution in [3.8, 4) is 0 Å². The van der Waals surface area contributed by atoms with Crippen LogP contribution in [0.4, 0.5) is 0 Å². The van der Waals surface area contributed by atoms with Crippen LogP contribution in [-0.2, 0) is 5.41 Å². The summed E-state index contributed by atoms with van der Waals surface area (Å²) in [5.74, 6) is 0. The monoisotopic (exact) mass is 224 g/mol. The second-order valence-electron chi connectivity index (χ2n) is 4.21. The summed E-state index contributed by atoms with van der Waals surface area (Å²) in [4.78, 5) is 0. The van der Waals surface area contributed by atoms with Crippen molar-refractivity contribution < 1.29 is 0 Å². The predicted molar refractivity (Wildman–Crippen MR) is 64.3 cm³/mol. The van der Waals surface area contributed by atoms with Gasteiger partial charge in [0.2, 0.25) is 0 Å². The Bertz CT molecular complexity index is 332. The van der Waals surface area contributed by atoms with Crippen LogP contribution >= 0.6 is 11.6 Å². The first-order valence-corrected chi connectivity index (χ1v) is 5.82. The van der Waals surface area contributed by atoms with E-state index in [4.69, 9.17) is 17.3 Å². The van der Waals surface area contributed by atoms with Crippen LogP contribution in [0.2, 0.25) is 5.02 Å². The largest absolute Gasteiger partial charge is 0.330 e. The minimum Gasteiger partial charge on any atom is -0.330 e. The molecule has 1 heterocycles. The van der Waals surface area contributed by atoms with Crippen molar-refractivity contribution in [1.29, 1.82) is 0 Å². The fourth-order valence-corrected chi connectivity index (χ4v) is 2.72. The van der Waals surface area contributed by atoms with Gasteiger partial charge in [-0.1, -0.05) is 29.8 Å². The lowest BCUT2D eigenvalue weighted by molar-refractivity contribution is 0.316. The van der Waals surface area contributed by atoms with E-state index in [0.29, 0.717) is 6.54 Å². The van der Waals surface area contributed by atoms with Gasteiger partial charge in [-0.2, -0.15) is 0 Å². The molecule has 1 saturated heterocycles. The highest BCUT2D eigenvalue weighted by atomic mass is 35.5. The van der Waals surface area contributed by atoms with E-state index >= 15 is 0 Å². The quantitative estimate of drug-likeness (QED) is 0.806. The second kappa shape index (κ2) is 4.52. The zero-order valence-corrected chi connectivity index (χ0v) is 9.56. The molecule has 3 N–H and O–H groups in total. The van der Waals surface area contributed by atoms with Crippen LogP contribution < -0.4 is 11.1 Å². The summed E-state index contributed by atoms with van der Waals surface area (Å²) in [6.45, 7) is 2.74. The van der Waals surface area contributed by atoms with Crippen LogP contribution in [0, 0.1) is 0 Å². The fourth-order valence-electron chi connectivity index (χ4n) is 2.38. The topological polar surface area (TPSA) is 38.0 Å². The Kier molecular flexibility index (Phi) is 3.29. The van der Waals surface area contributed by atoms with Crippen molar-refractivity contribution in [2.24, 2.45) is 5.73 Å². The molecule has 0 atom stereocenters. The molecule has 1 aromatic carbocycles. The third-order valence-electron chi connectivity index (χ3n) is 3.40. The maximum absolute atomic E-state index is 6.25. The number of piperidine rings is 1. The molecule has 1 aromatic rings. The van der Waals surface area contributed by atoms with E-state index in [1.165, 1.54) is 5.56 Å². The molecule has 15 heavy (non-hydrogen) atoms. The molecule has 2 rings (SSSR count).